The molecule has 2 atom stereocenters. The molecular weight excluding hydrogens is 162 g/mol. The number of hydrogen-bond acceptors (Lipinski definition) is 2. The molecular formula is C11H21NO. The standard InChI is InChI=1S/C11H21NO/c1-9-11(13-8-7-12-9)10-5-3-2-4-6-10/h9-12H,2-8H2,1H3. The van der Waals surface area contributed by atoms with Crippen LogP contribution >= 0.6 is 0 Å². The summed E-state index contributed by atoms with van der Waals surface area (Å²) in [5.74, 6) is 0.830. The summed E-state index contributed by atoms with van der Waals surface area (Å²) in [5, 5.41) is 3.50. The molecule has 2 fully saturated rings. The van der Waals surface area contributed by atoms with Gasteiger partial charge in [-0.3, -0.25) is 0 Å². The highest BCUT2D eigenvalue weighted by Crippen LogP contribution is 2.30. The van der Waals surface area contributed by atoms with Crippen molar-refractivity contribution in [3.8, 4) is 0 Å². The number of ether oxygens (including phenoxy) is 1. The van der Waals surface area contributed by atoms with E-state index in [2.05, 4.69) is 12.2 Å². The van der Waals surface area contributed by atoms with E-state index in [0.29, 0.717) is 12.1 Å². The second-order valence-electron chi connectivity index (χ2n) is 4.48. The highest BCUT2D eigenvalue weighted by atomic mass is 16.5. The average Bonchev–Trinajstić information content (AvgIpc) is 2.20. The Labute approximate surface area is 81.0 Å². The molecule has 0 aromatic carbocycles. The molecule has 0 radical (unpaired) electrons. The summed E-state index contributed by atoms with van der Waals surface area (Å²) >= 11 is 0. The minimum atomic E-state index is 0.494. The van der Waals surface area contributed by atoms with Gasteiger partial charge < -0.3 is 10.1 Å². The van der Waals surface area contributed by atoms with Crippen molar-refractivity contribution in [2.45, 2.75) is 51.2 Å². The molecule has 76 valence electrons. The normalized spacial score (nSPS) is 37.6. The van der Waals surface area contributed by atoms with Gasteiger partial charge in [0, 0.05) is 12.6 Å². The van der Waals surface area contributed by atoms with Gasteiger partial charge in [-0.25, -0.2) is 0 Å². The number of morpholine rings is 1. The van der Waals surface area contributed by atoms with Crippen LogP contribution in [0.15, 0.2) is 0 Å². The van der Waals surface area contributed by atoms with Crippen molar-refractivity contribution in [1.29, 1.82) is 0 Å². The number of hydrogen-bond donors (Lipinski definition) is 1. The maximum atomic E-state index is 5.87. The van der Waals surface area contributed by atoms with E-state index in [9.17, 15) is 0 Å². The van der Waals surface area contributed by atoms with E-state index in [0.717, 1.165) is 19.1 Å². The Balaban J connectivity index is 1.88. The summed E-state index contributed by atoms with van der Waals surface area (Å²) in [6.07, 6.45) is 7.53. The molecule has 0 spiro atoms. The van der Waals surface area contributed by atoms with Crippen LogP contribution in [0, 0.1) is 5.92 Å². The number of rotatable bonds is 1. The van der Waals surface area contributed by atoms with Crippen LogP contribution in [0.5, 0.6) is 0 Å². The summed E-state index contributed by atoms with van der Waals surface area (Å²) in [6.45, 7) is 4.20. The molecule has 13 heavy (non-hydrogen) atoms. The Kier molecular flexibility index (Phi) is 3.23. The molecule has 1 aliphatic heterocycles. The van der Waals surface area contributed by atoms with Gasteiger partial charge in [-0.05, 0) is 25.7 Å². The molecule has 1 N–H and O–H groups in total. The zero-order valence-electron chi connectivity index (χ0n) is 8.59. The molecule has 0 aromatic heterocycles. The highest BCUT2D eigenvalue weighted by molar-refractivity contribution is 4.84. The lowest BCUT2D eigenvalue weighted by Gasteiger charge is -2.37. The molecule has 2 nitrogen and oxygen atoms in total. The van der Waals surface area contributed by atoms with Crippen molar-refractivity contribution < 1.29 is 4.74 Å². The van der Waals surface area contributed by atoms with Crippen LogP contribution < -0.4 is 5.32 Å². The van der Waals surface area contributed by atoms with E-state index < -0.39 is 0 Å². The van der Waals surface area contributed by atoms with Gasteiger partial charge in [0.05, 0.1) is 12.7 Å². The minimum Gasteiger partial charge on any atom is -0.375 e. The van der Waals surface area contributed by atoms with Gasteiger partial charge >= 0.3 is 0 Å². The van der Waals surface area contributed by atoms with Gasteiger partial charge in [0.25, 0.3) is 0 Å². The van der Waals surface area contributed by atoms with Crippen molar-refractivity contribution in [3.05, 3.63) is 0 Å². The predicted octanol–water partition coefficient (Wildman–Crippen LogP) is 1.94. The molecule has 0 amide bonds. The van der Waals surface area contributed by atoms with Crippen LogP contribution in [0.4, 0.5) is 0 Å². The molecule has 1 heterocycles. The fourth-order valence-corrected chi connectivity index (χ4v) is 2.75. The zero-order chi connectivity index (χ0) is 9.10. The Hall–Kier alpha value is -0.0800. The van der Waals surface area contributed by atoms with E-state index in [-0.39, 0.29) is 0 Å². The van der Waals surface area contributed by atoms with Gasteiger partial charge in [0.15, 0.2) is 0 Å². The molecule has 0 bridgehead atoms. The van der Waals surface area contributed by atoms with E-state index >= 15 is 0 Å². The third-order valence-corrected chi connectivity index (χ3v) is 3.49. The smallest absolute Gasteiger partial charge is 0.0754 e. The molecule has 1 aliphatic carbocycles. The number of nitrogens with one attached hydrogen (secondary N) is 1. The Morgan fingerprint density at radius 1 is 1.15 bits per heavy atom. The molecule has 2 aliphatic rings. The lowest BCUT2D eigenvalue weighted by atomic mass is 9.82. The van der Waals surface area contributed by atoms with Crippen molar-refractivity contribution in [3.63, 3.8) is 0 Å². The first-order valence-electron chi connectivity index (χ1n) is 5.73. The van der Waals surface area contributed by atoms with Gasteiger partial charge in [0.1, 0.15) is 0 Å². The van der Waals surface area contributed by atoms with Gasteiger partial charge in [-0.2, -0.15) is 0 Å². The van der Waals surface area contributed by atoms with E-state index in [1.54, 1.807) is 0 Å². The van der Waals surface area contributed by atoms with Crippen LogP contribution in [-0.2, 0) is 4.74 Å². The van der Waals surface area contributed by atoms with Crippen molar-refractivity contribution in [2.24, 2.45) is 5.92 Å². The monoisotopic (exact) mass is 183 g/mol. The van der Waals surface area contributed by atoms with Crippen LogP contribution in [0.25, 0.3) is 0 Å². The Bertz CT molecular complexity index is 154. The Morgan fingerprint density at radius 3 is 2.62 bits per heavy atom. The highest BCUT2D eigenvalue weighted by Gasteiger charge is 2.30. The van der Waals surface area contributed by atoms with Crippen molar-refractivity contribution >= 4 is 0 Å². The third-order valence-electron chi connectivity index (χ3n) is 3.49. The predicted molar refractivity (Wildman–Crippen MR) is 53.8 cm³/mol. The van der Waals surface area contributed by atoms with E-state index in [1.807, 2.05) is 0 Å². The molecule has 1 saturated heterocycles. The van der Waals surface area contributed by atoms with Crippen molar-refractivity contribution in [2.75, 3.05) is 13.2 Å². The van der Waals surface area contributed by atoms with E-state index in [4.69, 9.17) is 4.74 Å². The summed E-state index contributed by atoms with van der Waals surface area (Å²) in [5.41, 5.74) is 0. The first-order chi connectivity index (χ1) is 6.38. The first kappa shape index (κ1) is 9.47. The summed E-state index contributed by atoms with van der Waals surface area (Å²) in [4.78, 5) is 0. The minimum absolute atomic E-state index is 0.494. The second kappa shape index (κ2) is 4.43. The van der Waals surface area contributed by atoms with Crippen LogP contribution in [0.1, 0.15) is 39.0 Å². The first-order valence-corrected chi connectivity index (χ1v) is 5.73. The maximum Gasteiger partial charge on any atom is 0.0754 e. The molecule has 2 heteroatoms. The SMILES string of the molecule is CC1NCCOC1C1CCCCC1. The molecule has 2 rings (SSSR count). The van der Waals surface area contributed by atoms with Gasteiger partial charge in [-0.1, -0.05) is 19.3 Å². The fraction of sp³-hybridized carbons (Fsp3) is 1.00. The largest absolute Gasteiger partial charge is 0.375 e. The van der Waals surface area contributed by atoms with Gasteiger partial charge in [0.2, 0.25) is 0 Å². The summed E-state index contributed by atoms with van der Waals surface area (Å²) in [7, 11) is 0. The summed E-state index contributed by atoms with van der Waals surface area (Å²) < 4.78 is 5.87. The molecule has 1 saturated carbocycles. The maximum absolute atomic E-state index is 5.87. The molecule has 2 unspecified atom stereocenters. The van der Waals surface area contributed by atoms with E-state index in [1.165, 1.54) is 32.1 Å². The second-order valence-corrected chi connectivity index (χ2v) is 4.48. The van der Waals surface area contributed by atoms with Crippen LogP contribution in [-0.4, -0.2) is 25.3 Å². The lowest BCUT2D eigenvalue weighted by molar-refractivity contribution is -0.0437. The van der Waals surface area contributed by atoms with Crippen LogP contribution in [0.2, 0.25) is 0 Å². The Morgan fingerprint density at radius 2 is 1.92 bits per heavy atom. The lowest BCUT2D eigenvalue weighted by Crippen LogP contribution is -2.50. The van der Waals surface area contributed by atoms with Gasteiger partial charge in [-0.15, -0.1) is 0 Å². The summed E-state index contributed by atoms with van der Waals surface area (Å²) in [6, 6.07) is 0.567. The van der Waals surface area contributed by atoms with Crippen molar-refractivity contribution in [1.82, 2.24) is 5.32 Å². The van der Waals surface area contributed by atoms with Crippen LogP contribution in [0.3, 0.4) is 0 Å². The topological polar surface area (TPSA) is 21.3 Å². The fourth-order valence-electron chi connectivity index (χ4n) is 2.75. The zero-order valence-corrected chi connectivity index (χ0v) is 8.59. The average molecular weight is 183 g/mol. The third kappa shape index (κ3) is 2.23. The quantitative estimate of drug-likeness (QED) is 0.671. The molecule has 0 aromatic rings.